The molecule has 17 heavy (non-hydrogen) atoms. The topological polar surface area (TPSA) is 93.6 Å². The number of nitrogen functional groups attached to an aromatic ring is 1. The second kappa shape index (κ2) is 3.85. The molecule has 6 nitrogen and oxygen atoms in total. The summed E-state index contributed by atoms with van der Waals surface area (Å²) in [5.74, 6) is 1.15. The molecule has 3 aromatic heterocycles. The molecule has 3 N–H and O–H groups in total. The molecule has 3 heterocycles. The van der Waals surface area contributed by atoms with Crippen LogP contribution >= 0.6 is 15.9 Å². The molecule has 86 valence electrons. The number of aromatic nitrogens is 4. The van der Waals surface area contributed by atoms with E-state index in [4.69, 9.17) is 10.2 Å². The lowest BCUT2D eigenvalue weighted by Crippen LogP contribution is -1.96. The van der Waals surface area contributed by atoms with Gasteiger partial charge in [-0.15, -0.1) is 0 Å². The van der Waals surface area contributed by atoms with E-state index in [1.54, 1.807) is 6.26 Å². The van der Waals surface area contributed by atoms with E-state index in [-0.39, 0.29) is 0 Å². The predicted molar refractivity (Wildman–Crippen MR) is 65.3 cm³/mol. The Morgan fingerprint density at radius 3 is 3.00 bits per heavy atom. The third kappa shape index (κ3) is 1.89. The van der Waals surface area contributed by atoms with Crippen LogP contribution in [0.4, 0.5) is 5.95 Å². The molecule has 0 saturated heterocycles. The number of H-pyrrole nitrogens is 1. The third-order valence-electron chi connectivity index (χ3n) is 2.34. The van der Waals surface area contributed by atoms with Crippen molar-refractivity contribution in [2.75, 3.05) is 5.73 Å². The van der Waals surface area contributed by atoms with Crippen LogP contribution in [0.1, 0.15) is 11.5 Å². The van der Waals surface area contributed by atoms with Gasteiger partial charge in [-0.3, -0.25) is 0 Å². The van der Waals surface area contributed by atoms with Gasteiger partial charge in [0.2, 0.25) is 0 Å². The molecular formula is C10H8BrN5O. The first-order chi connectivity index (χ1) is 8.22. The Bertz CT molecular complexity index is 661. The summed E-state index contributed by atoms with van der Waals surface area (Å²) >= 11 is 3.25. The van der Waals surface area contributed by atoms with Crippen molar-refractivity contribution in [2.24, 2.45) is 0 Å². The van der Waals surface area contributed by atoms with Gasteiger partial charge >= 0.3 is 0 Å². The first-order valence-electron chi connectivity index (χ1n) is 4.92. The van der Waals surface area contributed by atoms with Crippen molar-refractivity contribution in [3.05, 3.63) is 34.6 Å². The minimum atomic E-state index is 0.327. The van der Waals surface area contributed by atoms with Gasteiger partial charge in [0.05, 0.1) is 18.4 Å². The van der Waals surface area contributed by atoms with Gasteiger partial charge in [-0.25, -0.2) is 9.97 Å². The Labute approximate surface area is 104 Å². The average molecular weight is 294 g/mol. The zero-order chi connectivity index (χ0) is 11.8. The quantitative estimate of drug-likeness (QED) is 0.704. The fourth-order valence-corrected chi connectivity index (χ4v) is 2.03. The Morgan fingerprint density at radius 1 is 1.35 bits per heavy atom. The second-order valence-electron chi connectivity index (χ2n) is 3.52. The van der Waals surface area contributed by atoms with Crippen LogP contribution < -0.4 is 5.73 Å². The Balaban J connectivity index is 2.14. The van der Waals surface area contributed by atoms with Crippen LogP contribution in [0.2, 0.25) is 0 Å². The maximum atomic E-state index is 5.61. The van der Waals surface area contributed by atoms with Gasteiger partial charge in [0.15, 0.2) is 16.3 Å². The Kier molecular flexibility index (Phi) is 2.32. The van der Waals surface area contributed by atoms with Gasteiger partial charge in [-0.2, -0.15) is 4.98 Å². The number of anilines is 1. The van der Waals surface area contributed by atoms with Gasteiger partial charge in [-0.1, -0.05) is 0 Å². The van der Waals surface area contributed by atoms with Crippen molar-refractivity contribution in [3.8, 4) is 0 Å². The molecule has 0 bridgehead atoms. The number of nitrogens with zero attached hydrogens (tertiary/aromatic N) is 3. The summed E-state index contributed by atoms with van der Waals surface area (Å²) in [6.07, 6.45) is 2.19. The van der Waals surface area contributed by atoms with E-state index >= 15 is 0 Å². The first-order valence-corrected chi connectivity index (χ1v) is 5.71. The summed E-state index contributed by atoms with van der Waals surface area (Å²) in [6.45, 7) is 0. The van der Waals surface area contributed by atoms with E-state index in [2.05, 4.69) is 35.9 Å². The standard InChI is InChI=1S/C10H8BrN5O/c11-9-13-6(4-5-2-1-3-17-5)7-8(15-9)16-10(12)14-7/h1-3H,4H2,(H3,12,13,14,15,16). The summed E-state index contributed by atoms with van der Waals surface area (Å²) in [5, 5.41) is 0. The Hall–Kier alpha value is -1.89. The van der Waals surface area contributed by atoms with Crippen LogP contribution in [0.25, 0.3) is 11.2 Å². The maximum absolute atomic E-state index is 5.61. The summed E-state index contributed by atoms with van der Waals surface area (Å²) in [6, 6.07) is 3.73. The van der Waals surface area contributed by atoms with Crippen LogP contribution in [0.15, 0.2) is 27.5 Å². The van der Waals surface area contributed by atoms with Gasteiger partial charge in [0.25, 0.3) is 0 Å². The number of hydrogen-bond donors (Lipinski definition) is 2. The fourth-order valence-electron chi connectivity index (χ4n) is 1.65. The van der Waals surface area contributed by atoms with Crippen LogP contribution in [-0.2, 0) is 6.42 Å². The van der Waals surface area contributed by atoms with Gasteiger partial charge in [-0.05, 0) is 28.1 Å². The lowest BCUT2D eigenvalue weighted by Gasteiger charge is -1.99. The van der Waals surface area contributed by atoms with Gasteiger partial charge in [0, 0.05) is 0 Å². The van der Waals surface area contributed by atoms with Crippen molar-refractivity contribution >= 4 is 33.0 Å². The number of nitrogens with one attached hydrogen (secondary N) is 1. The smallest absolute Gasteiger partial charge is 0.200 e. The molecule has 0 aliphatic rings. The van der Waals surface area contributed by atoms with Crippen LogP contribution in [-0.4, -0.2) is 19.9 Å². The highest BCUT2D eigenvalue weighted by Crippen LogP contribution is 2.19. The molecule has 0 aliphatic carbocycles. The van der Waals surface area contributed by atoms with E-state index in [0.29, 0.717) is 22.8 Å². The number of rotatable bonds is 2. The number of nitrogens with two attached hydrogens (primary N) is 1. The second-order valence-corrected chi connectivity index (χ2v) is 4.23. The van der Waals surface area contributed by atoms with Crippen molar-refractivity contribution in [1.82, 2.24) is 19.9 Å². The molecule has 0 saturated carbocycles. The van der Waals surface area contributed by atoms with E-state index in [0.717, 1.165) is 17.0 Å². The van der Waals surface area contributed by atoms with Crippen molar-refractivity contribution in [3.63, 3.8) is 0 Å². The Morgan fingerprint density at radius 2 is 2.24 bits per heavy atom. The van der Waals surface area contributed by atoms with E-state index < -0.39 is 0 Å². The molecule has 3 rings (SSSR count). The number of aromatic amines is 1. The largest absolute Gasteiger partial charge is 0.469 e. The average Bonchev–Trinajstić information content (AvgIpc) is 2.86. The fraction of sp³-hybridized carbons (Fsp3) is 0.100. The SMILES string of the molecule is Nc1nc2nc(Br)nc(Cc3ccco3)c2[nH]1. The number of fused-ring (bicyclic) bond motifs is 1. The molecule has 0 aliphatic heterocycles. The number of imidazole rings is 1. The highest BCUT2D eigenvalue weighted by molar-refractivity contribution is 9.10. The molecule has 0 amide bonds. The van der Waals surface area contributed by atoms with Crippen molar-refractivity contribution in [1.29, 1.82) is 0 Å². The molecule has 0 radical (unpaired) electrons. The number of halogens is 1. The van der Waals surface area contributed by atoms with Crippen LogP contribution in [0, 0.1) is 0 Å². The summed E-state index contributed by atoms with van der Waals surface area (Å²) in [7, 11) is 0. The predicted octanol–water partition coefficient (Wildman–Crippen LogP) is 1.88. The normalized spacial score (nSPS) is 11.1. The molecule has 0 fully saturated rings. The van der Waals surface area contributed by atoms with Crippen LogP contribution in [0.5, 0.6) is 0 Å². The lowest BCUT2D eigenvalue weighted by molar-refractivity contribution is 0.519. The van der Waals surface area contributed by atoms with Gasteiger partial charge < -0.3 is 15.1 Å². The molecular weight excluding hydrogens is 286 g/mol. The zero-order valence-corrected chi connectivity index (χ0v) is 10.2. The monoisotopic (exact) mass is 293 g/mol. The first kappa shape index (κ1) is 10.3. The maximum Gasteiger partial charge on any atom is 0.200 e. The third-order valence-corrected chi connectivity index (χ3v) is 2.69. The number of hydrogen-bond acceptors (Lipinski definition) is 5. The molecule has 3 aromatic rings. The molecule has 0 unspecified atom stereocenters. The molecule has 7 heteroatoms. The lowest BCUT2D eigenvalue weighted by atomic mass is 10.2. The van der Waals surface area contributed by atoms with E-state index in [1.807, 2.05) is 12.1 Å². The summed E-state index contributed by atoms with van der Waals surface area (Å²) in [5.41, 5.74) is 7.69. The van der Waals surface area contributed by atoms with E-state index in [9.17, 15) is 0 Å². The minimum Gasteiger partial charge on any atom is -0.469 e. The zero-order valence-electron chi connectivity index (χ0n) is 8.64. The van der Waals surface area contributed by atoms with Crippen molar-refractivity contribution < 1.29 is 4.42 Å². The minimum absolute atomic E-state index is 0.327. The molecule has 0 atom stereocenters. The van der Waals surface area contributed by atoms with Gasteiger partial charge in [0.1, 0.15) is 11.3 Å². The van der Waals surface area contributed by atoms with Crippen LogP contribution in [0.3, 0.4) is 0 Å². The molecule has 0 aromatic carbocycles. The highest BCUT2D eigenvalue weighted by atomic mass is 79.9. The highest BCUT2D eigenvalue weighted by Gasteiger charge is 2.12. The molecule has 0 spiro atoms. The van der Waals surface area contributed by atoms with Crippen molar-refractivity contribution in [2.45, 2.75) is 6.42 Å². The van der Waals surface area contributed by atoms with E-state index in [1.165, 1.54) is 0 Å². The summed E-state index contributed by atoms with van der Waals surface area (Å²) in [4.78, 5) is 15.5. The number of furan rings is 1. The summed E-state index contributed by atoms with van der Waals surface area (Å²) < 4.78 is 5.78.